The van der Waals surface area contributed by atoms with Crippen molar-refractivity contribution in [3.63, 3.8) is 0 Å². The Morgan fingerprint density at radius 2 is 1.83 bits per heavy atom. The lowest BCUT2D eigenvalue weighted by Crippen LogP contribution is -2.29. The van der Waals surface area contributed by atoms with Crippen LogP contribution in [0.5, 0.6) is 5.75 Å². The monoisotopic (exact) mass is 357 g/mol. The van der Waals surface area contributed by atoms with E-state index in [0.29, 0.717) is 0 Å². The van der Waals surface area contributed by atoms with Crippen molar-refractivity contribution in [3.05, 3.63) is 38.2 Å². The lowest BCUT2D eigenvalue weighted by molar-refractivity contribution is 0.0507. The molecule has 2 rings (SSSR count). The summed E-state index contributed by atoms with van der Waals surface area (Å²) in [5.41, 5.74) is -0.593. The Balaban J connectivity index is 2.90. The molecule has 23 heavy (non-hydrogen) atoms. The lowest BCUT2D eigenvalue weighted by atomic mass is 10.1. The van der Waals surface area contributed by atoms with Gasteiger partial charge in [-0.15, -0.1) is 0 Å². The van der Waals surface area contributed by atoms with Crippen LogP contribution in [0.15, 0.2) is 16.9 Å². The maximum absolute atomic E-state index is 12.8. The highest BCUT2D eigenvalue weighted by Gasteiger charge is 2.24. The van der Waals surface area contributed by atoms with Gasteiger partial charge >= 0.3 is 5.97 Å². The van der Waals surface area contributed by atoms with Gasteiger partial charge in [-0.2, -0.15) is 0 Å². The van der Waals surface area contributed by atoms with E-state index < -0.39 is 11.5 Å². The average Bonchev–Trinajstić information content (AvgIpc) is 2.46. The summed E-state index contributed by atoms with van der Waals surface area (Å²) >= 11 is 11.9. The minimum atomic E-state index is -0.754. The third kappa shape index (κ3) is 3.31. The molecular weight excluding hydrogens is 341 g/mol. The summed E-state index contributed by atoms with van der Waals surface area (Å²) < 4.78 is 6.20. The smallest absolute Gasteiger partial charge is 0.358 e. The van der Waals surface area contributed by atoms with E-state index >= 15 is 0 Å². The number of hydrogen-bond acceptors (Lipinski definition) is 4. The molecule has 0 aliphatic rings. The highest BCUT2D eigenvalue weighted by molar-refractivity contribution is 6.42. The molecule has 1 aromatic heterocycles. The van der Waals surface area contributed by atoms with E-state index in [9.17, 15) is 14.7 Å². The molecule has 2 aromatic rings. The zero-order chi connectivity index (χ0) is 17.3. The number of ether oxygens (including phenoxy) is 1. The van der Waals surface area contributed by atoms with Crippen LogP contribution >= 0.6 is 23.2 Å². The third-order valence-electron chi connectivity index (χ3n) is 3.30. The number of nitrogens with zero attached hydrogens (tertiary/aromatic N) is 1. The van der Waals surface area contributed by atoms with E-state index in [4.69, 9.17) is 27.9 Å². The quantitative estimate of drug-likeness (QED) is 0.843. The van der Waals surface area contributed by atoms with Crippen molar-refractivity contribution >= 4 is 39.9 Å². The van der Waals surface area contributed by atoms with Crippen molar-refractivity contribution in [1.29, 1.82) is 0 Å². The van der Waals surface area contributed by atoms with Crippen LogP contribution in [0, 0.1) is 5.92 Å². The first-order valence-corrected chi connectivity index (χ1v) is 7.95. The summed E-state index contributed by atoms with van der Waals surface area (Å²) in [4.78, 5) is 25.0. The Kier molecular flexibility index (Phi) is 5.22. The summed E-state index contributed by atoms with van der Waals surface area (Å²) in [6, 6.07) is 2.77. The fraction of sp³-hybridized carbons (Fsp3) is 0.375. The summed E-state index contributed by atoms with van der Waals surface area (Å²) in [6.45, 7) is 5.84. The molecule has 0 unspecified atom stereocenters. The molecule has 1 N–H and O–H groups in total. The van der Waals surface area contributed by atoms with Crippen LogP contribution in [-0.4, -0.2) is 22.2 Å². The van der Waals surface area contributed by atoms with Gasteiger partial charge in [-0.05, 0) is 25.0 Å². The second kappa shape index (κ2) is 6.81. The molecule has 124 valence electrons. The molecule has 1 aromatic carbocycles. The third-order valence-corrected chi connectivity index (χ3v) is 4.02. The fourth-order valence-electron chi connectivity index (χ4n) is 2.37. The molecule has 0 bridgehead atoms. The van der Waals surface area contributed by atoms with Gasteiger partial charge in [0.1, 0.15) is 0 Å². The summed E-state index contributed by atoms with van der Waals surface area (Å²) in [6.07, 6.45) is 0. The summed E-state index contributed by atoms with van der Waals surface area (Å²) in [5.74, 6) is -1.01. The lowest BCUT2D eigenvalue weighted by Gasteiger charge is -2.17. The number of benzene rings is 1. The molecule has 0 spiro atoms. The molecule has 0 aliphatic carbocycles. The number of rotatable bonds is 4. The zero-order valence-electron chi connectivity index (χ0n) is 13.0. The highest BCUT2D eigenvalue weighted by Crippen LogP contribution is 2.33. The Morgan fingerprint density at radius 1 is 1.26 bits per heavy atom. The molecule has 0 amide bonds. The van der Waals surface area contributed by atoms with Crippen molar-refractivity contribution in [2.75, 3.05) is 6.61 Å². The number of carbonyl (C=O) groups is 1. The number of aromatic hydroxyl groups is 1. The molecule has 0 aliphatic heterocycles. The van der Waals surface area contributed by atoms with Crippen LogP contribution in [0.4, 0.5) is 0 Å². The number of pyridine rings is 1. The SMILES string of the molecule is CCOC(=O)c1c(O)c2cc(Cl)c(Cl)cc2c(=O)n1CC(C)C. The molecular formula is C16H17Cl2NO4. The van der Waals surface area contributed by atoms with Gasteiger partial charge in [0.2, 0.25) is 0 Å². The maximum Gasteiger partial charge on any atom is 0.358 e. The maximum atomic E-state index is 12.8. The van der Waals surface area contributed by atoms with Gasteiger partial charge < -0.3 is 9.84 Å². The summed E-state index contributed by atoms with van der Waals surface area (Å²) in [7, 11) is 0. The van der Waals surface area contributed by atoms with Crippen LogP contribution in [0.1, 0.15) is 31.3 Å². The molecule has 5 nitrogen and oxygen atoms in total. The van der Waals surface area contributed by atoms with Crippen molar-refractivity contribution in [2.24, 2.45) is 5.92 Å². The van der Waals surface area contributed by atoms with Gasteiger partial charge in [0.05, 0.1) is 22.0 Å². The number of hydrogen-bond donors (Lipinski definition) is 1. The van der Waals surface area contributed by atoms with Gasteiger partial charge in [0.25, 0.3) is 5.56 Å². The number of aromatic nitrogens is 1. The number of carbonyl (C=O) groups excluding carboxylic acids is 1. The largest absolute Gasteiger partial charge is 0.505 e. The van der Waals surface area contributed by atoms with Crippen LogP contribution < -0.4 is 5.56 Å². The molecule has 0 radical (unpaired) electrons. The standard InChI is InChI=1S/C16H17Cl2NO4/c1-4-23-16(22)13-14(20)9-5-11(17)12(18)6-10(9)15(21)19(13)7-8(2)3/h5-6,8,20H,4,7H2,1-3H3. The molecule has 0 saturated heterocycles. The minimum Gasteiger partial charge on any atom is -0.505 e. The van der Waals surface area contributed by atoms with Crippen molar-refractivity contribution in [1.82, 2.24) is 4.57 Å². The van der Waals surface area contributed by atoms with E-state index in [0.717, 1.165) is 0 Å². The normalized spacial score (nSPS) is 11.2. The van der Waals surface area contributed by atoms with E-state index in [-0.39, 0.29) is 51.3 Å². The van der Waals surface area contributed by atoms with Crippen molar-refractivity contribution in [2.45, 2.75) is 27.3 Å². The zero-order valence-corrected chi connectivity index (χ0v) is 14.5. The van der Waals surface area contributed by atoms with Crippen LogP contribution in [-0.2, 0) is 11.3 Å². The minimum absolute atomic E-state index is 0.0838. The first-order chi connectivity index (χ1) is 10.8. The Labute approximate surface area is 143 Å². The Hall–Kier alpha value is -1.72. The Bertz CT molecular complexity index is 827. The van der Waals surface area contributed by atoms with Crippen LogP contribution in [0.3, 0.4) is 0 Å². The predicted octanol–water partition coefficient (Wildman–Crippen LogP) is 3.85. The van der Waals surface area contributed by atoms with Gasteiger partial charge in [-0.3, -0.25) is 9.36 Å². The number of fused-ring (bicyclic) bond motifs is 1. The van der Waals surface area contributed by atoms with Crippen molar-refractivity contribution in [3.8, 4) is 5.75 Å². The average molecular weight is 358 g/mol. The number of esters is 1. The number of halogens is 2. The van der Waals surface area contributed by atoms with Gasteiger partial charge in [0.15, 0.2) is 11.4 Å². The Morgan fingerprint density at radius 3 is 2.35 bits per heavy atom. The van der Waals surface area contributed by atoms with E-state index in [2.05, 4.69) is 0 Å². The van der Waals surface area contributed by atoms with E-state index in [1.807, 2.05) is 13.8 Å². The first-order valence-electron chi connectivity index (χ1n) is 7.19. The molecule has 0 fully saturated rings. The molecule has 1 heterocycles. The topological polar surface area (TPSA) is 68.5 Å². The first kappa shape index (κ1) is 17.6. The van der Waals surface area contributed by atoms with E-state index in [1.165, 1.54) is 16.7 Å². The predicted molar refractivity (Wildman–Crippen MR) is 90.7 cm³/mol. The second-order valence-electron chi connectivity index (χ2n) is 5.54. The molecule has 7 heteroatoms. The van der Waals surface area contributed by atoms with Crippen LogP contribution in [0.25, 0.3) is 10.8 Å². The van der Waals surface area contributed by atoms with Gasteiger partial charge in [0, 0.05) is 11.9 Å². The van der Waals surface area contributed by atoms with Gasteiger partial charge in [-0.1, -0.05) is 37.0 Å². The molecule has 0 atom stereocenters. The van der Waals surface area contributed by atoms with Gasteiger partial charge in [-0.25, -0.2) is 4.79 Å². The van der Waals surface area contributed by atoms with E-state index in [1.54, 1.807) is 6.92 Å². The highest BCUT2D eigenvalue weighted by atomic mass is 35.5. The molecule has 0 saturated carbocycles. The fourth-order valence-corrected chi connectivity index (χ4v) is 2.70. The van der Waals surface area contributed by atoms with Crippen molar-refractivity contribution < 1.29 is 14.6 Å². The second-order valence-corrected chi connectivity index (χ2v) is 6.35. The summed E-state index contributed by atoms with van der Waals surface area (Å²) in [5, 5.41) is 11.3. The van der Waals surface area contributed by atoms with Crippen LogP contribution in [0.2, 0.25) is 10.0 Å².